The van der Waals surface area contributed by atoms with Gasteiger partial charge in [-0.1, -0.05) is 60.7 Å². The Morgan fingerprint density at radius 1 is 1.03 bits per heavy atom. The van der Waals surface area contributed by atoms with Gasteiger partial charge in [0.25, 0.3) is 5.91 Å². The topological polar surface area (TPSA) is 117 Å². The Hall–Kier alpha value is -3.96. The van der Waals surface area contributed by atoms with Crippen LogP contribution in [0.2, 0.25) is 0 Å². The van der Waals surface area contributed by atoms with E-state index >= 15 is 0 Å². The number of hydrogen-bond donors (Lipinski definition) is 2. The lowest BCUT2D eigenvalue weighted by atomic mass is 9.77. The fourth-order valence-electron chi connectivity index (χ4n) is 5.72. The van der Waals surface area contributed by atoms with Crippen LogP contribution in [0.5, 0.6) is 0 Å². The first-order valence-corrected chi connectivity index (χ1v) is 13.9. The second kappa shape index (κ2) is 11.8. The standard InChI is InChI=1S/C31H36N6O2/c32-19-18-31(37-22-27(28(33)38)29(35-37)34-30(39)25-11-12-25)16-13-26(14-17-31)36(21-24-9-5-2-6-10-24)20-15-23-7-3-1-4-8-23/h1-10,22,25-26H,11-18,20-21H2,(H2,33,38)(H,34,35,39). The summed E-state index contributed by atoms with van der Waals surface area (Å²) in [4.78, 5) is 27.2. The molecule has 202 valence electrons. The minimum Gasteiger partial charge on any atom is -0.365 e. The molecule has 39 heavy (non-hydrogen) atoms. The summed E-state index contributed by atoms with van der Waals surface area (Å²) in [5, 5.41) is 17.2. The first-order valence-electron chi connectivity index (χ1n) is 13.9. The highest BCUT2D eigenvalue weighted by Crippen LogP contribution is 2.40. The van der Waals surface area contributed by atoms with Gasteiger partial charge >= 0.3 is 0 Å². The molecule has 2 aliphatic rings. The van der Waals surface area contributed by atoms with Gasteiger partial charge in [-0.3, -0.25) is 19.2 Å². The van der Waals surface area contributed by atoms with E-state index in [4.69, 9.17) is 5.73 Å². The zero-order chi connectivity index (χ0) is 27.2. The second-order valence-corrected chi connectivity index (χ2v) is 10.9. The number of nitrogens with one attached hydrogen (secondary N) is 1. The van der Waals surface area contributed by atoms with Crippen molar-refractivity contribution in [2.75, 3.05) is 11.9 Å². The third kappa shape index (κ3) is 6.37. The van der Waals surface area contributed by atoms with E-state index in [9.17, 15) is 14.9 Å². The van der Waals surface area contributed by atoms with Gasteiger partial charge in [0.2, 0.25) is 5.91 Å². The highest BCUT2D eigenvalue weighted by Gasteiger charge is 2.40. The van der Waals surface area contributed by atoms with Gasteiger partial charge in [-0.2, -0.15) is 10.4 Å². The van der Waals surface area contributed by atoms with Crippen molar-refractivity contribution in [1.82, 2.24) is 14.7 Å². The van der Waals surface area contributed by atoms with E-state index in [1.807, 2.05) is 12.1 Å². The Bertz CT molecular complexity index is 1320. The van der Waals surface area contributed by atoms with E-state index in [0.717, 1.165) is 58.0 Å². The Labute approximate surface area is 229 Å². The van der Waals surface area contributed by atoms with Gasteiger partial charge in [0.1, 0.15) is 5.56 Å². The lowest BCUT2D eigenvalue weighted by molar-refractivity contribution is -0.117. The molecule has 2 fully saturated rings. The number of carbonyl (C=O) groups is 2. The Kier molecular flexibility index (Phi) is 8.08. The van der Waals surface area contributed by atoms with Gasteiger partial charge in [0, 0.05) is 31.2 Å². The summed E-state index contributed by atoms with van der Waals surface area (Å²) in [6.07, 6.45) is 7.87. The number of hydrogen-bond acceptors (Lipinski definition) is 5. The van der Waals surface area contributed by atoms with Crippen molar-refractivity contribution < 1.29 is 9.59 Å². The summed E-state index contributed by atoms with van der Waals surface area (Å²) < 4.78 is 1.74. The lowest BCUT2D eigenvalue weighted by Gasteiger charge is -2.43. The Morgan fingerprint density at radius 2 is 1.67 bits per heavy atom. The number of benzene rings is 2. The summed E-state index contributed by atoms with van der Waals surface area (Å²) in [7, 11) is 0. The second-order valence-electron chi connectivity index (χ2n) is 10.9. The maximum Gasteiger partial charge on any atom is 0.254 e. The quantitative estimate of drug-likeness (QED) is 0.379. The van der Waals surface area contributed by atoms with Crippen molar-refractivity contribution in [2.24, 2.45) is 11.7 Å². The summed E-state index contributed by atoms with van der Waals surface area (Å²) >= 11 is 0. The Morgan fingerprint density at radius 3 is 2.26 bits per heavy atom. The minimum absolute atomic E-state index is 0.0223. The number of nitriles is 1. The first kappa shape index (κ1) is 26.6. The number of aromatic nitrogens is 2. The van der Waals surface area contributed by atoms with Crippen LogP contribution in [0.4, 0.5) is 5.82 Å². The summed E-state index contributed by atoms with van der Waals surface area (Å²) in [5.41, 5.74) is 7.90. The molecule has 2 saturated carbocycles. The van der Waals surface area contributed by atoms with Crippen molar-refractivity contribution in [3.05, 3.63) is 83.6 Å². The van der Waals surface area contributed by atoms with E-state index in [1.54, 1.807) is 10.9 Å². The number of nitrogens with two attached hydrogens (primary N) is 1. The molecule has 1 aromatic heterocycles. The summed E-state index contributed by atoms with van der Waals surface area (Å²) in [5.74, 6) is -0.586. The minimum atomic E-state index is -0.636. The van der Waals surface area contributed by atoms with E-state index in [0.29, 0.717) is 6.04 Å². The normalized spacial score (nSPS) is 20.9. The maximum atomic E-state index is 12.4. The van der Waals surface area contributed by atoms with E-state index in [-0.39, 0.29) is 29.6 Å². The summed E-state index contributed by atoms with van der Waals surface area (Å²) in [6, 6.07) is 23.8. The number of nitrogens with zero attached hydrogens (tertiary/aromatic N) is 4. The van der Waals surface area contributed by atoms with Crippen LogP contribution >= 0.6 is 0 Å². The molecule has 2 aromatic carbocycles. The highest BCUT2D eigenvalue weighted by molar-refractivity contribution is 6.02. The molecule has 0 radical (unpaired) electrons. The predicted molar refractivity (Wildman–Crippen MR) is 150 cm³/mol. The predicted octanol–water partition coefficient (Wildman–Crippen LogP) is 4.63. The monoisotopic (exact) mass is 524 g/mol. The lowest BCUT2D eigenvalue weighted by Crippen LogP contribution is -2.45. The zero-order valence-corrected chi connectivity index (χ0v) is 22.3. The molecule has 0 atom stereocenters. The molecule has 3 N–H and O–H groups in total. The largest absolute Gasteiger partial charge is 0.365 e. The molecule has 8 heteroatoms. The number of anilines is 1. The molecule has 1 heterocycles. The van der Waals surface area contributed by atoms with Crippen LogP contribution in [0.25, 0.3) is 0 Å². The van der Waals surface area contributed by atoms with Crippen molar-refractivity contribution in [3.63, 3.8) is 0 Å². The van der Waals surface area contributed by atoms with Crippen molar-refractivity contribution in [1.29, 1.82) is 5.26 Å². The van der Waals surface area contributed by atoms with Crippen LogP contribution < -0.4 is 11.1 Å². The smallest absolute Gasteiger partial charge is 0.254 e. The molecular formula is C31H36N6O2. The van der Waals surface area contributed by atoms with Crippen LogP contribution in [0.3, 0.4) is 0 Å². The third-order valence-corrected chi connectivity index (χ3v) is 8.22. The SMILES string of the molecule is N#CCC1(n2cc(C(N)=O)c(NC(=O)C3CC3)n2)CCC(N(CCc2ccccc2)Cc2ccccc2)CC1. The molecule has 2 amide bonds. The van der Waals surface area contributed by atoms with Crippen LogP contribution in [0.1, 0.15) is 66.4 Å². The van der Waals surface area contributed by atoms with Crippen LogP contribution in [0, 0.1) is 17.2 Å². The molecule has 2 aliphatic carbocycles. The Balaban J connectivity index is 1.34. The van der Waals surface area contributed by atoms with Gasteiger partial charge in [0.15, 0.2) is 5.82 Å². The maximum absolute atomic E-state index is 12.4. The fraction of sp³-hybridized carbons (Fsp3) is 0.419. The summed E-state index contributed by atoms with van der Waals surface area (Å²) in [6.45, 7) is 1.81. The van der Waals surface area contributed by atoms with E-state index in [1.165, 1.54) is 11.1 Å². The molecule has 5 rings (SSSR count). The van der Waals surface area contributed by atoms with Crippen molar-refractivity contribution >= 4 is 17.6 Å². The number of rotatable bonds is 11. The van der Waals surface area contributed by atoms with E-state index in [2.05, 4.69) is 69.9 Å². The van der Waals surface area contributed by atoms with Gasteiger partial charge in [-0.05, 0) is 56.1 Å². The zero-order valence-electron chi connectivity index (χ0n) is 22.3. The highest BCUT2D eigenvalue weighted by atomic mass is 16.2. The van der Waals surface area contributed by atoms with Crippen LogP contribution in [-0.4, -0.2) is 39.1 Å². The number of carbonyl (C=O) groups excluding carboxylic acids is 2. The van der Waals surface area contributed by atoms with Gasteiger partial charge in [-0.25, -0.2) is 0 Å². The van der Waals surface area contributed by atoms with Crippen molar-refractivity contribution in [2.45, 2.75) is 69.5 Å². The molecule has 0 bridgehead atoms. The third-order valence-electron chi connectivity index (χ3n) is 8.22. The molecule has 0 aliphatic heterocycles. The first-order chi connectivity index (χ1) is 19.0. The molecule has 0 spiro atoms. The molecule has 0 saturated heterocycles. The molecule has 8 nitrogen and oxygen atoms in total. The van der Waals surface area contributed by atoms with Gasteiger partial charge in [-0.15, -0.1) is 0 Å². The van der Waals surface area contributed by atoms with Gasteiger partial charge in [0.05, 0.1) is 18.0 Å². The number of primary amides is 1. The van der Waals surface area contributed by atoms with Gasteiger partial charge < -0.3 is 11.1 Å². The number of amides is 2. The fourth-order valence-corrected chi connectivity index (χ4v) is 5.72. The molecule has 0 unspecified atom stereocenters. The van der Waals surface area contributed by atoms with Crippen LogP contribution in [-0.2, 0) is 23.3 Å². The molecule has 3 aromatic rings. The van der Waals surface area contributed by atoms with Crippen LogP contribution in [0.15, 0.2) is 66.9 Å². The van der Waals surface area contributed by atoms with Crippen molar-refractivity contribution in [3.8, 4) is 6.07 Å². The average molecular weight is 525 g/mol. The molecular weight excluding hydrogens is 488 g/mol. The average Bonchev–Trinajstić information content (AvgIpc) is 3.72. The van der Waals surface area contributed by atoms with E-state index < -0.39 is 11.4 Å².